The van der Waals surface area contributed by atoms with Gasteiger partial charge in [-0.05, 0) is 23.8 Å². The highest BCUT2D eigenvalue weighted by Crippen LogP contribution is 2.28. The summed E-state index contributed by atoms with van der Waals surface area (Å²) in [6.45, 7) is 0.940. The lowest BCUT2D eigenvalue weighted by molar-refractivity contribution is 0.441. The van der Waals surface area contributed by atoms with Crippen LogP contribution in [-0.4, -0.2) is 26.5 Å². The van der Waals surface area contributed by atoms with Crippen molar-refractivity contribution >= 4 is 0 Å². The molecular weight excluding hydrogens is 278 g/mol. The van der Waals surface area contributed by atoms with Crippen molar-refractivity contribution in [2.45, 2.75) is 12.5 Å². The molecule has 1 aromatic carbocycles. The van der Waals surface area contributed by atoms with Gasteiger partial charge in [-0.15, -0.1) is 0 Å². The van der Waals surface area contributed by atoms with Gasteiger partial charge in [0.05, 0.1) is 18.1 Å². The number of imidazole rings is 1. The Balaban J connectivity index is 1.56. The lowest BCUT2D eigenvalue weighted by atomic mass is 9.98. The molecular formula is C16H15N5O. The third-order valence-electron chi connectivity index (χ3n) is 3.71. The number of aromatic amines is 1. The number of fused-ring (bicyclic) bond motifs is 1. The van der Waals surface area contributed by atoms with Crippen molar-refractivity contribution in [1.29, 1.82) is 0 Å². The SMILES string of the molecule is c1cnc(Oc2ccc([C@H]3NCCc4[nH]cnc43)cc2)nc1. The largest absolute Gasteiger partial charge is 0.424 e. The zero-order valence-corrected chi connectivity index (χ0v) is 11.9. The van der Waals surface area contributed by atoms with Crippen molar-refractivity contribution in [3.63, 3.8) is 0 Å². The molecule has 0 unspecified atom stereocenters. The van der Waals surface area contributed by atoms with Crippen molar-refractivity contribution in [3.05, 3.63) is 66.0 Å². The van der Waals surface area contributed by atoms with E-state index in [1.807, 2.05) is 24.3 Å². The summed E-state index contributed by atoms with van der Waals surface area (Å²) in [7, 11) is 0. The van der Waals surface area contributed by atoms with Crippen LogP contribution in [0.2, 0.25) is 0 Å². The van der Waals surface area contributed by atoms with E-state index in [2.05, 4.69) is 25.3 Å². The Hall–Kier alpha value is -2.73. The number of nitrogens with one attached hydrogen (secondary N) is 2. The fourth-order valence-electron chi connectivity index (χ4n) is 2.67. The van der Waals surface area contributed by atoms with Gasteiger partial charge in [0.1, 0.15) is 5.75 Å². The predicted molar refractivity (Wildman–Crippen MR) is 80.7 cm³/mol. The van der Waals surface area contributed by atoms with Gasteiger partial charge in [-0.2, -0.15) is 0 Å². The first-order valence-corrected chi connectivity index (χ1v) is 7.20. The van der Waals surface area contributed by atoms with Crippen molar-refractivity contribution < 1.29 is 4.74 Å². The van der Waals surface area contributed by atoms with Crippen molar-refractivity contribution in [1.82, 2.24) is 25.3 Å². The molecule has 1 atom stereocenters. The third kappa shape index (κ3) is 2.44. The van der Waals surface area contributed by atoms with Crippen LogP contribution in [0.1, 0.15) is 23.0 Å². The van der Waals surface area contributed by atoms with Crippen LogP contribution >= 0.6 is 0 Å². The van der Waals surface area contributed by atoms with Gasteiger partial charge >= 0.3 is 6.01 Å². The van der Waals surface area contributed by atoms with Crippen molar-refractivity contribution in [2.75, 3.05) is 6.54 Å². The maximum Gasteiger partial charge on any atom is 0.321 e. The highest BCUT2D eigenvalue weighted by atomic mass is 16.5. The molecule has 2 N–H and O–H groups in total. The van der Waals surface area contributed by atoms with Gasteiger partial charge in [-0.1, -0.05) is 12.1 Å². The molecule has 0 amide bonds. The van der Waals surface area contributed by atoms with Crippen LogP contribution < -0.4 is 10.1 Å². The van der Waals surface area contributed by atoms with E-state index >= 15 is 0 Å². The number of hydrogen-bond acceptors (Lipinski definition) is 5. The first-order chi connectivity index (χ1) is 10.9. The minimum Gasteiger partial charge on any atom is -0.424 e. The first-order valence-electron chi connectivity index (χ1n) is 7.20. The van der Waals surface area contributed by atoms with E-state index in [4.69, 9.17) is 4.74 Å². The molecule has 0 radical (unpaired) electrons. The van der Waals surface area contributed by atoms with E-state index in [-0.39, 0.29) is 6.04 Å². The summed E-state index contributed by atoms with van der Waals surface area (Å²) in [6.07, 6.45) is 6.05. The molecule has 0 spiro atoms. The minimum atomic E-state index is 0.122. The molecule has 3 heterocycles. The van der Waals surface area contributed by atoms with Gasteiger partial charge in [-0.3, -0.25) is 0 Å². The summed E-state index contributed by atoms with van der Waals surface area (Å²) in [6, 6.07) is 10.2. The maximum absolute atomic E-state index is 5.61. The third-order valence-corrected chi connectivity index (χ3v) is 3.71. The van der Waals surface area contributed by atoms with Crippen molar-refractivity contribution in [2.24, 2.45) is 0 Å². The van der Waals surface area contributed by atoms with Crippen LogP contribution in [0.15, 0.2) is 49.1 Å². The highest BCUT2D eigenvalue weighted by molar-refractivity contribution is 5.36. The summed E-state index contributed by atoms with van der Waals surface area (Å²) in [5, 5.41) is 3.50. The number of benzene rings is 1. The summed E-state index contributed by atoms with van der Waals surface area (Å²) >= 11 is 0. The van der Waals surface area contributed by atoms with E-state index < -0.39 is 0 Å². The fraction of sp³-hybridized carbons (Fsp3) is 0.188. The maximum atomic E-state index is 5.61. The lowest BCUT2D eigenvalue weighted by Gasteiger charge is -2.23. The molecule has 0 bridgehead atoms. The second-order valence-electron chi connectivity index (χ2n) is 5.11. The number of nitrogens with zero attached hydrogens (tertiary/aromatic N) is 3. The smallest absolute Gasteiger partial charge is 0.321 e. The minimum absolute atomic E-state index is 0.122. The second-order valence-corrected chi connectivity index (χ2v) is 5.11. The highest BCUT2D eigenvalue weighted by Gasteiger charge is 2.23. The Morgan fingerprint density at radius 3 is 2.68 bits per heavy atom. The number of hydrogen-bond donors (Lipinski definition) is 2. The fourth-order valence-corrected chi connectivity index (χ4v) is 2.67. The summed E-state index contributed by atoms with van der Waals surface area (Å²) in [4.78, 5) is 15.7. The molecule has 1 aliphatic rings. The number of H-pyrrole nitrogens is 1. The standard InChI is InChI=1S/C16H15N5O/c1-7-18-16(19-8-1)22-12-4-2-11(3-5-12)14-15-13(6-9-17-14)20-10-21-15/h1-5,7-8,10,14,17H,6,9H2,(H,20,21)/t14-/m1/s1. The molecule has 0 fully saturated rings. The molecule has 1 aliphatic heterocycles. The molecule has 0 saturated carbocycles. The van der Waals surface area contributed by atoms with Gasteiger partial charge in [-0.25, -0.2) is 15.0 Å². The Bertz CT molecular complexity index is 754. The van der Waals surface area contributed by atoms with Crippen LogP contribution in [0.4, 0.5) is 0 Å². The number of aromatic nitrogens is 4. The summed E-state index contributed by atoms with van der Waals surface area (Å²) < 4.78 is 5.61. The van der Waals surface area contributed by atoms with E-state index in [1.54, 1.807) is 24.8 Å². The monoisotopic (exact) mass is 293 g/mol. The van der Waals surface area contributed by atoms with Gasteiger partial charge in [0.2, 0.25) is 0 Å². The topological polar surface area (TPSA) is 75.7 Å². The Labute approximate surface area is 127 Å². The van der Waals surface area contributed by atoms with Gasteiger partial charge in [0.15, 0.2) is 0 Å². The Morgan fingerprint density at radius 2 is 1.86 bits per heavy atom. The molecule has 3 aromatic rings. The zero-order valence-electron chi connectivity index (χ0n) is 11.9. The average Bonchev–Trinajstić information content (AvgIpc) is 3.05. The van der Waals surface area contributed by atoms with E-state index in [0.717, 1.165) is 24.2 Å². The van der Waals surface area contributed by atoms with Crippen molar-refractivity contribution in [3.8, 4) is 11.8 Å². The van der Waals surface area contributed by atoms with E-state index in [0.29, 0.717) is 11.8 Å². The average molecular weight is 293 g/mol. The van der Waals surface area contributed by atoms with Crippen LogP contribution in [0.3, 0.4) is 0 Å². The van der Waals surface area contributed by atoms with E-state index in [1.165, 1.54) is 5.69 Å². The second kappa shape index (κ2) is 5.57. The number of ether oxygens (including phenoxy) is 1. The Morgan fingerprint density at radius 1 is 1.05 bits per heavy atom. The molecule has 110 valence electrons. The lowest BCUT2D eigenvalue weighted by Crippen LogP contribution is -2.30. The van der Waals surface area contributed by atoms with Crippen LogP contribution in [0, 0.1) is 0 Å². The van der Waals surface area contributed by atoms with Gasteiger partial charge in [0, 0.05) is 31.1 Å². The normalized spacial score (nSPS) is 17.0. The van der Waals surface area contributed by atoms with Gasteiger partial charge < -0.3 is 15.0 Å². The molecule has 22 heavy (non-hydrogen) atoms. The molecule has 6 nitrogen and oxygen atoms in total. The predicted octanol–water partition coefficient (Wildman–Crippen LogP) is 2.23. The first kappa shape index (κ1) is 13.0. The van der Waals surface area contributed by atoms with Crippen LogP contribution in [0.25, 0.3) is 0 Å². The van der Waals surface area contributed by atoms with E-state index in [9.17, 15) is 0 Å². The van der Waals surface area contributed by atoms with Gasteiger partial charge in [0.25, 0.3) is 0 Å². The van der Waals surface area contributed by atoms with Crippen LogP contribution in [-0.2, 0) is 6.42 Å². The molecule has 4 rings (SSSR count). The summed E-state index contributed by atoms with van der Waals surface area (Å²) in [5.74, 6) is 0.716. The Kier molecular flexibility index (Phi) is 3.29. The zero-order chi connectivity index (χ0) is 14.8. The van der Waals surface area contributed by atoms with Crippen LogP contribution in [0.5, 0.6) is 11.8 Å². The molecule has 6 heteroatoms. The number of rotatable bonds is 3. The molecule has 2 aromatic heterocycles. The molecule has 0 saturated heterocycles. The molecule has 0 aliphatic carbocycles. The summed E-state index contributed by atoms with van der Waals surface area (Å²) in [5.41, 5.74) is 3.45. The quantitative estimate of drug-likeness (QED) is 0.774.